The first-order chi connectivity index (χ1) is 12.3. The number of hydrogen-bond donors (Lipinski definition) is 5. The van der Waals surface area contributed by atoms with Crippen LogP contribution in [0.15, 0.2) is 11.8 Å². The second kappa shape index (κ2) is 6.02. The predicted molar refractivity (Wildman–Crippen MR) is 99.8 cm³/mol. The number of carbonyl (C=O) groups is 1. The third kappa shape index (κ3) is 2.30. The van der Waals surface area contributed by atoms with Gasteiger partial charge in [-0.05, 0) is 44.4 Å². The van der Waals surface area contributed by atoms with E-state index in [1.54, 1.807) is 6.92 Å². The van der Waals surface area contributed by atoms with Gasteiger partial charge in [-0.2, -0.15) is 0 Å². The molecule has 6 nitrogen and oxygen atoms in total. The normalized spacial score (nSPS) is 54.9. The second-order valence-corrected chi connectivity index (χ2v) is 9.91. The molecule has 4 rings (SSSR count). The van der Waals surface area contributed by atoms with E-state index in [-0.39, 0.29) is 42.1 Å². The molecule has 0 spiro atoms. The molecule has 4 aliphatic rings. The molecule has 154 valence electrons. The highest BCUT2D eigenvalue weighted by atomic mass is 16.4. The summed E-state index contributed by atoms with van der Waals surface area (Å²) >= 11 is 0. The van der Waals surface area contributed by atoms with Crippen molar-refractivity contribution in [2.24, 2.45) is 35.0 Å². The van der Waals surface area contributed by atoms with Crippen molar-refractivity contribution >= 4 is 5.78 Å². The topological polar surface area (TPSA) is 118 Å². The van der Waals surface area contributed by atoms with Crippen LogP contribution in [0.1, 0.15) is 53.9 Å². The van der Waals surface area contributed by atoms with Gasteiger partial charge in [0.2, 0.25) is 0 Å². The van der Waals surface area contributed by atoms with Crippen molar-refractivity contribution in [2.75, 3.05) is 6.61 Å². The molecule has 0 aromatic carbocycles. The summed E-state index contributed by atoms with van der Waals surface area (Å²) in [6, 6.07) is 0. The summed E-state index contributed by atoms with van der Waals surface area (Å²) < 4.78 is 0. The zero-order valence-corrected chi connectivity index (χ0v) is 16.9. The van der Waals surface area contributed by atoms with Gasteiger partial charge in [-0.15, -0.1) is 0 Å². The summed E-state index contributed by atoms with van der Waals surface area (Å²) in [6.45, 7) is 8.70. The van der Waals surface area contributed by atoms with Crippen LogP contribution in [0.2, 0.25) is 0 Å². The minimum absolute atomic E-state index is 0.0609. The van der Waals surface area contributed by atoms with E-state index in [1.807, 2.05) is 20.8 Å². The molecule has 5 N–H and O–H groups in total. The minimum atomic E-state index is -1.98. The van der Waals surface area contributed by atoms with Gasteiger partial charge in [0.25, 0.3) is 0 Å². The van der Waals surface area contributed by atoms with Gasteiger partial charge in [-0.3, -0.25) is 4.79 Å². The fourth-order valence-electron chi connectivity index (χ4n) is 7.53. The van der Waals surface area contributed by atoms with Crippen molar-refractivity contribution in [3.05, 3.63) is 11.8 Å². The van der Waals surface area contributed by atoms with Gasteiger partial charge in [0.1, 0.15) is 5.60 Å². The van der Waals surface area contributed by atoms with Crippen LogP contribution in [0.4, 0.5) is 0 Å². The summed E-state index contributed by atoms with van der Waals surface area (Å²) in [5, 5.41) is 54.1. The molecule has 0 aromatic rings. The van der Waals surface area contributed by atoms with Gasteiger partial charge < -0.3 is 25.5 Å². The van der Waals surface area contributed by atoms with Gasteiger partial charge >= 0.3 is 0 Å². The highest BCUT2D eigenvalue weighted by molar-refractivity contribution is 6.04. The first-order valence-electron chi connectivity index (χ1n) is 10.0. The Labute approximate surface area is 160 Å². The largest absolute Gasteiger partial charge is 0.515 e. The van der Waals surface area contributed by atoms with Crippen LogP contribution in [-0.2, 0) is 4.79 Å². The number of hydrogen-bond acceptors (Lipinski definition) is 6. The molecule has 4 aliphatic carbocycles. The number of aliphatic hydroxyl groups excluding tert-OH is 2. The Bertz CT molecular complexity index is 664. The summed E-state index contributed by atoms with van der Waals surface area (Å²) in [4.78, 5) is 13.5. The van der Waals surface area contributed by atoms with Crippen LogP contribution < -0.4 is 0 Å². The van der Waals surface area contributed by atoms with Crippen molar-refractivity contribution < 1.29 is 30.3 Å². The van der Waals surface area contributed by atoms with Crippen molar-refractivity contribution in [2.45, 2.75) is 70.7 Å². The average Bonchev–Trinajstić information content (AvgIpc) is 2.55. The fourth-order valence-corrected chi connectivity index (χ4v) is 7.53. The molecule has 0 saturated heterocycles. The number of aliphatic hydroxyl groups is 5. The van der Waals surface area contributed by atoms with E-state index in [1.165, 1.54) is 6.92 Å². The number of fused-ring (bicyclic) bond motifs is 2. The first-order valence-corrected chi connectivity index (χ1v) is 10.0. The molecule has 27 heavy (non-hydrogen) atoms. The van der Waals surface area contributed by atoms with Gasteiger partial charge in [0, 0.05) is 23.9 Å². The Balaban J connectivity index is 2.32. The lowest BCUT2D eigenvalue weighted by atomic mass is 9.33. The maximum absolute atomic E-state index is 13.5. The molecule has 9 atom stereocenters. The Kier molecular flexibility index (Phi) is 4.63. The number of carbonyl (C=O) groups excluding carboxylic acids is 1. The first kappa shape index (κ1) is 20.8. The summed E-state index contributed by atoms with van der Waals surface area (Å²) in [5.74, 6) is -2.27. The third-order valence-corrected chi connectivity index (χ3v) is 8.22. The van der Waals surface area contributed by atoms with E-state index in [2.05, 4.69) is 0 Å². The molecule has 0 aliphatic heterocycles. The van der Waals surface area contributed by atoms with Crippen molar-refractivity contribution in [1.29, 1.82) is 0 Å². The number of Topliss-reactive ketones (excluding diaryl/α,β-unsaturated/α-hetero) is 1. The SMILES string of the molecule is CC[C@H](CO)[C@@H]1[C@]2(C)C(=O)/C(=C\O)[C@@](O)([C@H]3C[C@](C)(O)C[C@@H](C)[C@@H]32)[C@]1(C)O. The average molecular weight is 382 g/mol. The Morgan fingerprint density at radius 1 is 1.19 bits per heavy atom. The lowest BCUT2D eigenvalue weighted by Crippen LogP contribution is -2.82. The Morgan fingerprint density at radius 3 is 2.26 bits per heavy atom. The molecular formula is C21H34O6. The quantitative estimate of drug-likeness (QED) is 0.373. The van der Waals surface area contributed by atoms with Crippen molar-refractivity contribution in [1.82, 2.24) is 0 Å². The lowest BCUT2D eigenvalue weighted by molar-refractivity contribution is -0.304. The molecular weight excluding hydrogens is 348 g/mol. The van der Waals surface area contributed by atoms with Crippen LogP contribution in [-0.4, -0.2) is 54.7 Å². The van der Waals surface area contributed by atoms with Crippen LogP contribution in [0.5, 0.6) is 0 Å². The highest BCUT2D eigenvalue weighted by Crippen LogP contribution is 2.71. The molecule has 4 fully saturated rings. The molecule has 0 radical (unpaired) electrons. The van der Waals surface area contributed by atoms with Crippen LogP contribution in [0, 0.1) is 35.0 Å². The third-order valence-electron chi connectivity index (χ3n) is 8.22. The molecule has 6 heteroatoms. The summed E-state index contributed by atoms with van der Waals surface area (Å²) in [7, 11) is 0. The zero-order chi connectivity index (χ0) is 20.6. The van der Waals surface area contributed by atoms with E-state index in [4.69, 9.17) is 0 Å². The van der Waals surface area contributed by atoms with E-state index in [0.717, 1.165) is 0 Å². The molecule has 0 aromatic heterocycles. The van der Waals surface area contributed by atoms with Crippen LogP contribution >= 0.6 is 0 Å². The molecule has 0 amide bonds. The molecule has 0 heterocycles. The van der Waals surface area contributed by atoms with E-state index < -0.39 is 34.1 Å². The number of rotatable bonds is 3. The van der Waals surface area contributed by atoms with Gasteiger partial charge in [-0.1, -0.05) is 27.2 Å². The van der Waals surface area contributed by atoms with Gasteiger partial charge in [-0.25, -0.2) is 0 Å². The Morgan fingerprint density at radius 2 is 1.78 bits per heavy atom. The molecule has 0 unspecified atom stereocenters. The maximum Gasteiger partial charge on any atom is 0.171 e. The minimum Gasteiger partial charge on any atom is -0.515 e. The van der Waals surface area contributed by atoms with Gasteiger partial charge in [0.05, 0.1) is 23.0 Å². The standard InChI is InChI=1S/C21H34O6/c1-6-12(9-22)16-19(4)15-11(2)7-18(3,25)8-13(15)21(27,20(16,5)26)14(10-23)17(19)24/h10-13,15-16,22-23,25-27H,6-9H2,1-5H3/b14-10+/t11-,12-,13+,15+,16-,18-,19-,20-,21+/m1/s1. The second-order valence-electron chi connectivity index (χ2n) is 9.91. The Hall–Kier alpha value is -0.950. The fraction of sp³-hybridized carbons (Fsp3) is 0.857. The summed E-state index contributed by atoms with van der Waals surface area (Å²) in [5.41, 5.74) is -5.97. The smallest absolute Gasteiger partial charge is 0.171 e. The van der Waals surface area contributed by atoms with Gasteiger partial charge in [0.15, 0.2) is 5.78 Å². The molecule has 4 saturated carbocycles. The number of ketones is 1. The highest BCUT2D eigenvalue weighted by Gasteiger charge is 2.79. The van der Waals surface area contributed by atoms with E-state index in [9.17, 15) is 30.3 Å². The van der Waals surface area contributed by atoms with E-state index >= 15 is 0 Å². The monoisotopic (exact) mass is 382 g/mol. The zero-order valence-electron chi connectivity index (χ0n) is 16.9. The van der Waals surface area contributed by atoms with Crippen molar-refractivity contribution in [3.8, 4) is 0 Å². The summed E-state index contributed by atoms with van der Waals surface area (Å²) in [6.07, 6.45) is 1.92. The van der Waals surface area contributed by atoms with Crippen molar-refractivity contribution in [3.63, 3.8) is 0 Å². The lowest BCUT2D eigenvalue weighted by Gasteiger charge is -2.72. The predicted octanol–water partition coefficient (Wildman–Crippen LogP) is 1.56. The van der Waals surface area contributed by atoms with Crippen LogP contribution in [0.3, 0.4) is 0 Å². The maximum atomic E-state index is 13.5. The van der Waals surface area contributed by atoms with E-state index in [0.29, 0.717) is 19.1 Å². The van der Waals surface area contributed by atoms with Crippen LogP contribution in [0.25, 0.3) is 0 Å². The molecule has 2 bridgehead atoms.